The Morgan fingerprint density at radius 1 is 1.22 bits per heavy atom. The van der Waals surface area contributed by atoms with E-state index in [0.29, 0.717) is 13.2 Å². The molecule has 0 fully saturated rings. The molecule has 0 aliphatic rings. The first kappa shape index (κ1) is 15.4. The van der Waals surface area contributed by atoms with E-state index in [1.807, 2.05) is 16.9 Å². The number of rotatable bonds is 9. The number of aryl methyl sites for hydroxylation is 1. The first-order valence-corrected chi connectivity index (χ1v) is 6.92. The summed E-state index contributed by atoms with van der Waals surface area (Å²) in [7, 11) is 3.39. The summed E-state index contributed by atoms with van der Waals surface area (Å²) in [6.07, 6.45) is 0. The highest BCUT2D eigenvalue weighted by Gasteiger charge is 2.07. The Kier molecular flexibility index (Phi) is 7.19. The second-order valence-corrected chi connectivity index (χ2v) is 4.94. The molecule has 1 aromatic rings. The minimum Gasteiger partial charge on any atom is -0.383 e. The Labute approximate surface area is 112 Å². The third-order valence-electron chi connectivity index (χ3n) is 2.84. The van der Waals surface area contributed by atoms with E-state index < -0.39 is 0 Å². The summed E-state index contributed by atoms with van der Waals surface area (Å²) in [5, 5.41) is 1.90. The van der Waals surface area contributed by atoms with E-state index in [-0.39, 0.29) is 4.87 Å². The highest BCUT2D eigenvalue weighted by molar-refractivity contribution is 7.07. The Morgan fingerprint density at radius 2 is 1.83 bits per heavy atom. The Morgan fingerprint density at radius 3 is 2.28 bits per heavy atom. The van der Waals surface area contributed by atoms with Crippen LogP contribution in [0.4, 0.5) is 0 Å². The maximum Gasteiger partial charge on any atom is 0.307 e. The highest BCUT2D eigenvalue weighted by atomic mass is 32.1. The van der Waals surface area contributed by atoms with Gasteiger partial charge >= 0.3 is 4.87 Å². The molecule has 0 saturated heterocycles. The molecule has 1 heterocycles. The van der Waals surface area contributed by atoms with Gasteiger partial charge in [-0.25, -0.2) is 0 Å². The van der Waals surface area contributed by atoms with Gasteiger partial charge in [0.1, 0.15) is 0 Å². The Balaban J connectivity index is 2.47. The Bertz CT molecular complexity index is 381. The van der Waals surface area contributed by atoms with Gasteiger partial charge in [0.2, 0.25) is 0 Å². The van der Waals surface area contributed by atoms with Gasteiger partial charge in [0.05, 0.1) is 13.2 Å². The predicted molar refractivity (Wildman–Crippen MR) is 73.5 cm³/mol. The van der Waals surface area contributed by atoms with Gasteiger partial charge in [0, 0.05) is 51.5 Å². The van der Waals surface area contributed by atoms with Crippen molar-refractivity contribution in [2.45, 2.75) is 13.5 Å². The zero-order valence-corrected chi connectivity index (χ0v) is 12.2. The predicted octanol–water partition coefficient (Wildman–Crippen LogP) is 0.813. The van der Waals surface area contributed by atoms with Gasteiger partial charge in [-0.1, -0.05) is 11.3 Å². The number of methoxy groups -OCH3 is 2. The van der Waals surface area contributed by atoms with E-state index in [1.54, 1.807) is 14.2 Å². The zero-order valence-electron chi connectivity index (χ0n) is 11.3. The minimum absolute atomic E-state index is 0.117. The first-order valence-electron chi connectivity index (χ1n) is 6.04. The summed E-state index contributed by atoms with van der Waals surface area (Å²) in [5.74, 6) is 0. The lowest BCUT2D eigenvalue weighted by Crippen LogP contribution is -2.35. The molecular formula is C12H22N2O3S. The van der Waals surface area contributed by atoms with Crippen LogP contribution >= 0.6 is 11.3 Å². The fraction of sp³-hybridized carbons (Fsp3) is 0.750. The van der Waals surface area contributed by atoms with Crippen molar-refractivity contribution in [2.75, 3.05) is 47.1 Å². The monoisotopic (exact) mass is 274 g/mol. The maximum atomic E-state index is 11.6. The lowest BCUT2D eigenvalue weighted by atomic mass is 10.4. The summed E-state index contributed by atoms with van der Waals surface area (Å²) >= 11 is 1.26. The van der Waals surface area contributed by atoms with Crippen LogP contribution in [0.15, 0.2) is 10.2 Å². The van der Waals surface area contributed by atoms with Crippen LogP contribution in [0.5, 0.6) is 0 Å². The van der Waals surface area contributed by atoms with Crippen molar-refractivity contribution in [1.82, 2.24) is 9.47 Å². The standard InChI is InChI=1S/C12H22N2O3S/c1-11-10-18-12(15)14(11)5-4-13(6-8-16-2)7-9-17-3/h10H,4-9H2,1-3H3. The number of hydrogen-bond donors (Lipinski definition) is 0. The number of nitrogens with zero attached hydrogens (tertiary/aromatic N) is 2. The number of thiazole rings is 1. The van der Waals surface area contributed by atoms with Crippen molar-refractivity contribution in [3.05, 3.63) is 20.7 Å². The van der Waals surface area contributed by atoms with Crippen LogP contribution < -0.4 is 4.87 Å². The molecule has 0 radical (unpaired) electrons. The summed E-state index contributed by atoms with van der Waals surface area (Å²) in [6.45, 7) is 6.64. The van der Waals surface area contributed by atoms with Gasteiger partial charge < -0.3 is 14.0 Å². The molecule has 0 unspecified atom stereocenters. The summed E-state index contributed by atoms with van der Waals surface area (Å²) in [5.41, 5.74) is 1.03. The molecule has 5 nitrogen and oxygen atoms in total. The van der Waals surface area contributed by atoms with Crippen molar-refractivity contribution in [3.63, 3.8) is 0 Å². The van der Waals surface area contributed by atoms with Crippen molar-refractivity contribution in [2.24, 2.45) is 0 Å². The van der Waals surface area contributed by atoms with Crippen LogP contribution in [-0.4, -0.2) is 56.5 Å². The molecule has 0 amide bonds. The van der Waals surface area contributed by atoms with E-state index in [4.69, 9.17) is 9.47 Å². The molecule has 6 heteroatoms. The van der Waals surface area contributed by atoms with E-state index in [9.17, 15) is 4.79 Å². The van der Waals surface area contributed by atoms with Crippen molar-refractivity contribution in [1.29, 1.82) is 0 Å². The molecule has 0 aliphatic carbocycles. The van der Waals surface area contributed by atoms with Gasteiger partial charge in [-0.05, 0) is 6.92 Å². The van der Waals surface area contributed by atoms with E-state index in [2.05, 4.69) is 4.90 Å². The summed E-state index contributed by atoms with van der Waals surface area (Å²) in [4.78, 5) is 14.0. The molecule has 0 aliphatic heterocycles. The minimum atomic E-state index is 0.117. The van der Waals surface area contributed by atoms with Gasteiger partial charge in [0.15, 0.2) is 0 Å². The van der Waals surface area contributed by atoms with E-state index >= 15 is 0 Å². The van der Waals surface area contributed by atoms with Crippen molar-refractivity contribution >= 4 is 11.3 Å². The largest absolute Gasteiger partial charge is 0.383 e. The average molecular weight is 274 g/mol. The van der Waals surface area contributed by atoms with Crippen LogP contribution in [0, 0.1) is 6.92 Å². The third kappa shape index (κ3) is 4.89. The van der Waals surface area contributed by atoms with Crippen LogP contribution in [-0.2, 0) is 16.0 Å². The highest BCUT2D eigenvalue weighted by Crippen LogP contribution is 2.00. The van der Waals surface area contributed by atoms with Gasteiger partial charge in [-0.3, -0.25) is 9.69 Å². The Hall–Kier alpha value is -0.690. The molecule has 0 bridgehead atoms. The first-order chi connectivity index (χ1) is 8.69. The number of hydrogen-bond acceptors (Lipinski definition) is 5. The average Bonchev–Trinajstić information content (AvgIpc) is 2.68. The second kappa shape index (κ2) is 8.42. The fourth-order valence-electron chi connectivity index (χ4n) is 1.69. The smallest absolute Gasteiger partial charge is 0.307 e. The quantitative estimate of drug-likeness (QED) is 0.668. The van der Waals surface area contributed by atoms with Crippen LogP contribution in [0.25, 0.3) is 0 Å². The fourth-order valence-corrected chi connectivity index (χ4v) is 2.45. The second-order valence-electron chi connectivity index (χ2n) is 4.12. The van der Waals surface area contributed by atoms with Crippen molar-refractivity contribution in [3.8, 4) is 0 Å². The van der Waals surface area contributed by atoms with E-state index in [0.717, 1.165) is 31.9 Å². The lowest BCUT2D eigenvalue weighted by molar-refractivity contribution is 0.112. The van der Waals surface area contributed by atoms with Gasteiger partial charge in [0.25, 0.3) is 0 Å². The molecule has 0 saturated carbocycles. The normalized spacial score (nSPS) is 11.3. The molecule has 0 atom stereocenters. The molecule has 18 heavy (non-hydrogen) atoms. The molecule has 0 N–H and O–H groups in total. The lowest BCUT2D eigenvalue weighted by Gasteiger charge is -2.21. The van der Waals surface area contributed by atoms with E-state index in [1.165, 1.54) is 11.3 Å². The molecule has 1 aromatic heterocycles. The maximum absolute atomic E-state index is 11.6. The number of ether oxygens (including phenoxy) is 2. The van der Waals surface area contributed by atoms with Crippen molar-refractivity contribution < 1.29 is 9.47 Å². The van der Waals surface area contributed by atoms with Crippen LogP contribution in [0.1, 0.15) is 5.69 Å². The molecule has 1 rings (SSSR count). The molecular weight excluding hydrogens is 252 g/mol. The van der Waals surface area contributed by atoms with Crippen LogP contribution in [0.2, 0.25) is 0 Å². The SMILES string of the molecule is COCCN(CCOC)CCn1c(C)csc1=O. The third-order valence-corrected chi connectivity index (χ3v) is 3.72. The zero-order chi connectivity index (χ0) is 13.4. The van der Waals surface area contributed by atoms with Gasteiger partial charge in [-0.15, -0.1) is 0 Å². The van der Waals surface area contributed by atoms with Gasteiger partial charge in [-0.2, -0.15) is 0 Å². The molecule has 0 spiro atoms. The molecule has 104 valence electrons. The van der Waals surface area contributed by atoms with Crippen LogP contribution in [0.3, 0.4) is 0 Å². The topological polar surface area (TPSA) is 43.7 Å². The number of aromatic nitrogens is 1. The summed E-state index contributed by atoms with van der Waals surface area (Å²) in [6, 6.07) is 0. The molecule has 0 aromatic carbocycles. The summed E-state index contributed by atoms with van der Waals surface area (Å²) < 4.78 is 12.0.